The molecule has 2 unspecified atom stereocenters. The van der Waals surface area contributed by atoms with E-state index in [9.17, 15) is 19.0 Å². The first kappa shape index (κ1) is 71.5. The SMILES string of the molecule is CC/C=C\C/C=C\C/C=C\C/C=C\C/C=C\C/C=C\CCCCCCCCCCCCCCCCCCCCCCCCC(=O)OC(COC(=O)CCCCCCCCCCC)COP(=O)(O)OCC[N+](C)(C)C. The van der Waals surface area contributed by atoms with Crippen LogP contribution in [0.15, 0.2) is 72.9 Å². The Morgan fingerprint density at radius 2 is 0.770 bits per heavy atom. The van der Waals surface area contributed by atoms with Crippen LogP contribution in [-0.2, 0) is 32.7 Å². The van der Waals surface area contributed by atoms with Crippen molar-refractivity contribution in [2.45, 2.75) is 277 Å². The van der Waals surface area contributed by atoms with Gasteiger partial charge in [0.25, 0.3) is 0 Å². The van der Waals surface area contributed by atoms with Gasteiger partial charge in [0, 0.05) is 12.8 Å². The second-order valence-electron chi connectivity index (χ2n) is 21.7. The first-order valence-electron chi connectivity index (χ1n) is 30.7. The molecule has 0 bridgehead atoms. The highest BCUT2D eigenvalue weighted by Gasteiger charge is 2.27. The van der Waals surface area contributed by atoms with E-state index in [0.29, 0.717) is 23.9 Å². The number of phosphoric ester groups is 1. The summed E-state index contributed by atoms with van der Waals surface area (Å²) < 4.78 is 34.4. The van der Waals surface area contributed by atoms with Crippen molar-refractivity contribution in [3.63, 3.8) is 0 Å². The Hall–Kier alpha value is -2.55. The summed E-state index contributed by atoms with van der Waals surface area (Å²) in [4.78, 5) is 35.5. The number of carbonyl (C=O) groups is 2. The quantitative estimate of drug-likeness (QED) is 0.0211. The number of hydrogen-bond donors (Lipinski definition) is 1. The number of quaternary nitrogens is 1. The zero-order chi connectivity index (χ0) is 54.2. The summed E-state index contributed by atoms with van der Waals surface area (Å²) in [6.07, 6.45) is 73.1. The molecule has 0 aliphatic rings. The average Bonchev–Trinajstić information content (AvgIpc) is 3.36. The minimum absolute atomic E-state index is 0.0332. The van der Waals surface area contributed by atoms with Crippen LogP contribution < -0.4 is 0 Å². The fourth-order valence-corrected chi connectivity index (χ4v) is 9.29. The van der Waals surface area contributed by atoms with Crippen molar-refractivity contribution in [3.8, 4) is 0 Å². The van der Waals surface area contributed by atoms with Crippen molar-refractivity contribution >= 4 is 19.8 Å². The van der Waals surface area contributed by atoms with Gasteiger partial charge in [-0.15, -0.1) is 0 Å². The molecule has 0 aromatic rings. The normalized spacial score (nSPS) is 13.8. The summed E-state index contributed by atoms with van der Waals surface area (Å²) in [5, 5.41) is 0. The maximum absolute atomic E-state index is 12.8. The number of phosphoric acid groups is 1. The van der Waals surface area contributed by atoms with Gasteiger partial charge in [0.05, 0.1) is 27.7 Å². The molecule has 1 N–H and O–H groups in total. The molecule has 0 aliphatic heterocycles. The number of unbranched alkanes of at least 4 members (excludes halogenated alkanes) is 30. The van der Waals surface area contributed by atoms with Crippen LogP contribution in [0.5, 0.6) is 0 Å². The van der Waals surface area contributed by atoms with E-state index in [4.69, 9.17) is 18.5 Å². The molecular weight excluding hydrogens is 942 g/mol. The Labute approximate surface area is 457 Å². The van der Waals surface area contributed by atoms with E-state index in [0.717, 1.165) is 70.6 Å². The molecule has 0 amide bonds. The van der Waals surface area contributed by atoms with Crippen LogP contribution in [0.4, 0.5) is 0 Å². The minimum Gasteiger partial charge on any atom is -0.462 e. The van der Waals surface area contributed by atoms with E-state index >= 15 is 0 Å². The van der Waals surface area contributed by atoms with Gasteiger partial charge in [-0.2, -0.15) is 0 Å². The number of nitrogens with zero attached hydrogens (tertiary/aromatic N) is 1. The molecule has 9 nitrogen and oxygen atoms in total. The van der Waals surface area contributed by atoms with Gasteiger partial charge in [-0.25, -0.2) is 4.57 Å². The first-order chi connectivity index (χ1) is 36.0. The number of hydrogen-bond acceptors (Lipinski definition) is 7. The van der Waals surface area contributed by atoms with Gasteiger partial charge >= 0.3 is 19.8 Å². The molecule has 0 heterocycles. The second-order valence-corrected chi connectivity index (χ2v) is 23.2. The van der Waals surface area contributed by atoms with Gasteiger partial charge in [0.1, 0.15) is 19.8 Å². The molecule has 430 valence electrons. The lowest BCUT2D eigenvalue weighted by molar-refractivity contribution is -0.870. The molecule has 0 saturated carbocycles. The molecular formula is C64H117NO8P+. The topological polar surface area (TPSA) is 108 Å². The molecule has 0 aromatic carbocycles. The van der Waals surface area contributed by atoms with Gasteiger partial charge in [0.15, 0.2) is 6.10 Å². The smallest absolute Gasteiger partial charge is 0.462 e. The highest BCUT2D eigenvalue weighted by Crippen LogP contribution is 2.43. The lowest BCUT2D eigenvalue weighted by atomic mass is 10.0. The van der Waals surface area contributed by atoms with Crippen LogP contribution in [0, 0.1) is 0 Å². The maximum Gasteiger partial charge on any atom is 0.472 e. The summed E-state index contributed by atoms with van der Waals surface area (Å²) in [6.45, 7) is 4.31. The number of carbonyl (C=O) groups excluding carboxylic acids is 2. The van der Waals surface area contributed by atoms with Crippen LogP contribution >= 0.6 is 7.82 Å². The van der Waals surface area contributed by atoms with Crippen molar-refractivity contribution in [1.29, 1.82) is 0 Å². The van der Waals surface area contributed by atoms with Crippen molar-refractivity contribution in [2.24, 2.45) is 0 Å². The molecule has 10 heteroatoms. The standard InChI is InChI=1S/C64H116NO8P/c1-6-8-10-12-14-16-17-18-19-20-21-22-23-24-25-26-27-28-29-30-31-32-33-34-35-36-37-38-39-40-41-42-43-44-45-46-47-49-51-53-55-57-64(67)73-62(61-72-74(68,69)71-59-58-65(3,4)5)60-70-63(66)56-54-52-50-48-15-13-11-9-7-2/h8,10,14,16,18-19,21-22,24-25,27-28,62H,6-7,9,11-13,15,17,20,23,26,29-61H2,1-5H3/p+1/b10-8-,16-14-,19-18-,22-21-,25-24-,28-27-. The fourth-order valence-electron chi connectivity index (χ4n) is 8.55. The van der Waals surface area contributed by atoms with E-state index < -0.39 is 26.5 Å². The van der Waals surface area contributed by atoms with Gasteiger partial charge in [-0.3, -0.25) is 18.6 Å². The Morgan fingerprint density at radius 1 is 0.432 bits per heavy atom. The van der Waals surface area contributed by atoms with Crippen molar-refractivity contribution in [1.82, 2.24) is 0 Å². The van der Waals surface area contributed by atoms with Gasteiger partial charge < -0.3 is 18.9 Å². The van der Waals surface area contributed by atoms with Crippen LogP contribution in [0.1, 0.15) is 271 Å². The zero-order valence-electron chi connectivity index (χ0n) is 48.8. The number of ether oxygens (including phenoxy) is 2. The molecule has 0 radical (unpaired) electrons. The van der Waals surface area contributed by atoms with E-state index in [2.05, 4.69) is 86.8 Å². The lowest BCUT2D eigenvalue weighted by Crippen LogP contribution is -2.37. The summed E-state index contributed by atoms with van der Waals surface area (Å²) in [6, 6.07) is 0. The van der Waals surface area contributed by atoms with Crippen LogP contribution in [-0.4, -0.2) is 74.9 Å². The van der Waals surface area contributed by atoms with Crippen molar-refractivity contribution in [3.05, 3.63) is 72.9 Å². The summed E-state index contributed by atoms with van der Waals surface area (Å²) in [5.41, 5.74) is 0. The van der Waals surface area contributed by atoms with Crippen molar-refractivity contribution < 1.29 is 42.1 Å². The maximum atomic E-state index is 12.8. The highest BCUT2D eigenvalue weighted by atomic mass is 31.2. The number of esters is 2. The minimum atomic E-state index is -4.38. The van der Waals surface area contributed by atoms with E-state index in [1.807, 2.05) is 21.1 Å². The molecule has 0 saturated heterocycles. The van der Waals surface area contributed by atoms with Gasteiger partial charge in [0.2, 0.25) is 0 Å². The molecule has 0 aromatic heterocycles. The Bertz CT molecular complexity index is 1480. The van der Waals surface area contributed by atoms with Crippen LogP contribution in [0.2, 0.25) is 0 Å². The monoisotopic (exact) mass is 1060 g/mol. The van der Waals surface area contributed by atoms with Crippen LogP contribution in [0.3, 0.4) is 0 Å². The molecule has 0 spiro atoms. The van der Waals surface area contributed by atoms with E-state index in [1.54, 1.807) is 0 Å². The third kappa shape index (κ3) is 58.7. The second kappa shape index (κ2) is 55.2. The summed E-state index contributed by atoms with van der Waals surface area (Å²) in [7, 11) is 1.49. The first-order valence-corrected chi connectivity index (χ1v) is 32.2. The molecule has 2 atom stereocenters. The predicted octanol–water partition coefficient (Wildman–Crippen LogP) is 19.3. The highest BCUT2D eigenvalue weighted by molar-refractivity contribution is 7.47. The van der Waals surface area contributed by atoms with Crippen molar-refractivity contribution in [2.75, 3.05) is 47.5 Å². The predicted molar refractivity (Wildman–Crippen MR) is 316 cm³/mol. The molecule has 74 heavy (non-hydrogen) atoms. The van der Waals surface area contributed by atoms with E-state index in [-0.39, 0.29) is 25.6 Å². The molecule has 0 aliphatic carbocycles. The van der Waals surface area contributed by atoms with Gasteiger partial charge in [-0.1, -0.05) is 267 Å². The number of rotatable bonds is 56. The summed E-state index contributed by atoms with van der Waals surface area (Å²) >= 11 is 0. The Balaban J connectivity index is 3.83. The van der Waals surface area contributed by atoms with Gasteiger partial charge in [-0.05, 0) is 64.2 Å². The summed E-state index contributed by atoms with van der Waals surface area (Å²) in [5.74, 6) is -0.791. The molecule has 0 fully saturated rings. The zero-order valence-corrected chi connectivity index (χ0v) is 49.7. The Morgan fingerprint density at radius 3 is 1.15 bits per heavy atom. The van der Waals surface area contributed by atoms with Crippen LogP contribution in [0.25, 0.3) is 0 Å². The average molecular weight is 1060 g/mol. The lowest BCUT2D eigenvalue weighted by Gasteiger charge is -2.24. The largest absolute Gasteiger partial charge is 0.472 e. The third-order valence-corrected chi connectivity index (χ3v) is 14.2. The third-order valence-electron chi connectivity index (χ3n) is 13.3. The molecule has 0 rings (SSSR count). The Kier molecular flexibility index (Phi) is 53.3. The number of allylic oxidation sites excluding steroid dienone is 12. The number of likely N-dealkylation sites (N-methyl/N-ethyl adjacent to an activating group) is 1. The van der Waals surface area contributed by atoms with E-state index in [1.165, 1.54) is 167 Å². The fraction of sp³-hybridized carbons (Fsp3) is 0.781.